The standard InChI is InChI=1S/C54H34N2O2S/c1-3-13-35(14-4-1)55(37-25-26-39-38-17-7-10-20-46(38)57-48(39)31-37)54-52-43-30-33(34-24-28-51-42(29-34)40-18-9-12-22-50(40)59-51)23-27-44(43)56(36-15-5-2-6-16-36)45(52)32-49-53(54)41-19-8-11-21-47(41)58-49/h1-6,8-16,18-32H,7,17H2. The lowest BCUT2D eigenvalue weighted by Gasteiger charge is -2.27. The van der Waals surface area contributed by atoms with Gasteiger partial charge in [0.25, 0.3) is 0 Å². The van der Waals surface area contributed by atoms with Crippen LogP contribution in [0.2, 0.25) is 0 Å². The van der Waals surface area contributed by atoms with E-state index in [9.17, 15) is 0 Å². The van der Waals surface area contributed by atoms with Gasteiger partial charge >= 0.3 is 0 Å². The summed E-state index contributed by atoms with van der Waals surface area (Å²) in [5.74, 6) is 0.965. The van der Waals surface area contributed by atoms with Crippen LogP contribution in [0.15, 0.2) is 185 Å². The molecule has 4 heterocycles. The van der Waals surface area contributed by atoms with Gasteiger partial charge in [-0.25, -0.2) is 0 Å². The molecule has 0 aliphatic heterocycles. The van der Waals surface area contributed by atoms with Crippen LogP contribution in [0.5, 0.6) is 0 Å². The van der Waals surface area contributed by atoms with Crippen molar-refractivity contribution < 1.29 is 8.83 Å². The highest BCUT2D eigenvalue weighted by Crippen LogP contribution is 2.51. The van der Waals surface area contributed by atoms with Gasteiger partial charge in [-0.2, -0.15) is 0 Å². The van der Waals surface area contributed by atoms with Crippen LogP contribution in [-0.4, -0.2) is 4.57 Å². The van der Waals surface area contributed by atoms with Gasteiger partial charge in [-0.3, -0.25) is 0 Å². The molecule has 1 aliphatic rings. The summed E-state index contributed by atoms with van der Waals surface area (Å²) in [4.78, 5) is 2.43. The Morgan fingerprint density at radius 2 is 1.24 bits per heavy atom. The van der Waals surface area contributed by atoms with Crippen molar-refractivity contribution in [3.05, 3.63) is 187 Å². The average molecular weight is 775 g/mol. The molecule has 0 spiro atoms. The Kier molecular flexibility index (Phi) is 6.97. The second kappa shape index (κ2) is 12.6. The first-order valence-electron chi connectivity index (χ1n) is 20.2. The predicted octanol–water partition coefficient (Wildman–Crippen LogP) is 15.9. The van der Waals surface area contributed by atoms with Crippen LogP contribution in [0.25, 0.3) is 97.8 Å². The topological polar surface area (TPSA) is 34.5 Å². The van der Waals surface area contributed by atoms with Gasteiger partial charge in [0.05, 0.1) is 22.1 Å². The van der Waals surface area contributed by atoms with Crippen LogP contribution in [0, 0.1) is 0 Å². The molecular formula is C54H34N2O2S. The minimum absolute atomic E-state index is 0.837. The molecule has 0 saturated heterocycles. The third-order valence-electron chi connectivity index (χ3n) is 12.2. The van der Waals surface area contributed by atoms with Crippen LogP contribution in [-0.2, 0) is 6.42 Å². The van der Waals surface area contributed by atoms with Crippen molar-refractivity contribution in [3.8, 4) is 16.8 Å². The Balaban J connectivity index is 1.17. The number of fused-ring (bicyclic) bond motifs is 12. The van der Waals surface area contributed by atoms with Gasteiger partial charge in [0, 0.05) is 76.5 Å². The number of aromatic nitrogens is 1. The molecule has 4 aromatic heterocycles. The fourth-order valence-corrected chi connectivity index (χ4v) is 10.7. The highest BCUT2D eigenvalue weighted by atomic mass is 32.1. The number of allylic oxidation sites excluding steroid dienone is 1. The molecule has 0 radical (unpaired) electrons. The minimum Gasteiger partial charge on any atom is -0.456 e. The SMILES string of the molecule is C1=Cc2oc3cc(N(c4ccccc4)c4c5c(cc6c4c4cc(-c7ccc8sc9ccccc9c8c7)ccc4n6-c4ccccc4)oc4ccccc45)ccc3c2CC1. The fourth-order valence-electron chi connectivity index (χ4n) is 9.61. The molecule has 1 aliphatic carbocycles. The molecule has 8 aromatic carbocycles. The number of aryl methyl sites for hydroxylation is 1. The Labute approximate surface area is 343 Å². The second-order valence-corrected chi connectivity index (χ2v) is 16.6. The smallest absolute Gasteiger partial charge is 0.139 e. The van der Waals surface area contributed by atoms with E-state index in [-0.39, 0.29) is 0 Å². The van der Waals surface area contributed by atoms with Gasteiger partial charge in [0.2, 0.25) is 0 Å². The first-order valence-corrected chi connectivity index (χ1v) is 21.0. The van der Waals surface area contributed by atoms with Crippen molar-refractivity contribution in [2.24, 2.45) is 0 Å². The van der Waals surface area contributed by atoms with Gasteiger partial charge < -0.3 is 18.3 Å². The number of hydrogen-bond donors (Lipinski definition) is 0. The molecule has 0 N–H and O–H groups in total. The number of benzene rings is 8. The van der Waals surface area contributed by atoms with Gasteiger partial charge in [0.15, 0.2) is 0 Å². The Morgan fingerprint density at radius 1 is 0.492 bits per heavy atom. The van der Waals surface area contributed by atoms with Crippen molar-refractivity contribution in [2.45, 2.75) is 12.8 Å². The summed E-state index contributed by atoms with van der Waals surface area (Å²) in [5, 5.41) is 8.24. The predicted molar refractivity (Wildman–Crippen MR) is 248 cm³/mol. The molecule has 12 aromatic rings. The van der Waals surface area contributed by atoms with E-state index in [1.165, 1.54) is 47.6 Å². The van der Waals surface area contributed by atoms with Gasteiger partial charge in [-0.05, 0) is 103 Å². The largest absolute Gasteiger partial charge is 0.456 e. The summed E-state index contributed by atoms with van der Waals surface area (Å²) in [5.41, 5.74) is 12.7. The molecule has 59 heavy (non-hydrogen) atoms. The van der Waals surface area contributed by atoms with Gasteiger partial charge in [0.1, 0.15) is 22.5 Å². The summed E-state index contributed by atoms with van der Waals surface area (Å²) in [6.45, 7) is 0. The second-order valence-electron chi connectivity index (χ2n) is 15.5. The van der Waals surface area contributed by atoms with Crippen LogP contribution in [0.1, 0.15) is 17.7 Å². The molecule has 13 rings (SSSR count). The molecule has 0 amide bonds. The Hall–Kier alpha value is -7.34. The highest BCUT2D eigenvalue weighted by Gasteiger charge is 2.28. The zero-order valence-corrected chi connectivity index (χ0v) is 32.7. The molecule has 0 atom stereocenters. The summed E-state index contributed by atoms with van der Waals surface area (Å²) >= 11 is 1.86. The molecule has 0 unspecified atom stereocenters. The molecule has 4 nitrogen and oxygen atoms in total. The Morgan fingerprint density at radius 3 is 2.12 bits per heavy atom. The molecule has 5 heteroatoms. The summed E-state index contributed by atoms with van der Waals surface area (Å²) in [6.07, 6.45) is 6.35. The number of thiophene rings is 1. The summed E-state index contributed by atoms with van der Waals surface area (Å²) in [7, 11) is 0. The van der Waals surface area contributed by atoms with Gasteiger partial charge in [-0.15, -0.1) is 11.3 Å². The molecule has 278 valence electrons. The van der Waals surface area contributed by atoms with Crippen LogP contribution >= 0.6 is 11.3 Å². The van der Waals surface area contributed by atoms with E-state index in [1.807, 2.05) is 11.3 Å². The summed E-state index contributed by atoms with van der Waals surface area (Å²) < 4.78 is 18.4. The molecule has 0 fully saturated rings. The lowest BCUT2D eigenvalue weighted by atomic mass is 9.98. The maximum Gasteiger partial charge on any atom is 0.139 e. The first kappa shape index (κ1) is 32.7. The third kappa shape index (κ3) is 4.89. The zero-order valence-electron chi connectivity index (χ0n) is 31.9. The van der Waals surface area contributed by atoms with E-state index in [0.29, 0.717) is 0 Å². The van der Waals surface area contributed by atoms with E-state index in [0.717, 1.165) is 85.3 Å². The van der Waals surface area contributed by atoms with E-state index < -0.39 is 0 Å². The lowest BCUT2D eigenvalue weighted by molar-refractivity contribution is 0.595. The van der Waals surface area contributed by atoms with E-state index in [2.05, 4.69) is 191 Å². The summed E-state index contributed by atoms with van der Waals surface area (Å²) in [6, 6.07) is 61.5. The number of rotatable bonds is 5. The van der Waals surface area contributed by atoms with E-state index in [1.54, 1.807) is 0 Å². The third-order valence-corrected chi connectivity index (χ3v) is 13.4. The number of hydrogen-bond acceptors (Lipinski definition) is 4. The van der Waals surface area contributed by atoms with Crippen molar-refractivity contribution in [2.75, 3.05) is 4.90 Å². The van der Waals surface area contributed by atoms with Crippen LogP contribution < -0.4 is 4.90 Å². The highest BCUT2D eigenvalue weighted by molar-refractivity contribution is 7.25. The maximum absolute atomic E-state index is 6.83. The molecular weight excluding hydrogens is 741 g/mol. The number of furan rings is 2. The van der Waals surface area contributed by atoms with Crippen molar-refractivity contribution in [1.29, 1.82) is 0 Å². The fraction of sp³-hybridized carbons (Fsp3) is 0.0370. The minimum atomic E-state index is 0.837. The monoisotopic (exact) mass is 774 g/mol. The quantitative estimate of drug-likeness (QED) is 0.175. The lowest BCUT2D eigenvalue weighted by Crippen LogP contribution is -2.11. The zero-order chi connectivity index (χ0) is 38.6. The van der Waals surface area contributed by atoms with Crippen molar-refractivity contribution >= 4 is 109 Å². The van der Waals surface area contributed by atoms with E-state index >= 15 is 0 Å². The normalized spacial score (nSPS) is 12.9. The number of para-hydroxylation sites is 3. The van der Waals surface area contributed by atoms with Crippen molar-refractivity contribution in [3.63, 3.8) is 0 Å². The van der Waals surface area contributed by atoms with Crippen LogP contribution in [0.4, 0.5) is 17.1 Å². The number of anilines is 3. The van der Waals surface area contributed by atoms with Gasteiger partial charge in [-0.1, -0.05) is 91.0 Å². The van der Waals surface area contributed by atoms with E-state index in [4.69, 9.17) is 8.83 Å². The maximum atomic E-state index is 6.83. The van der Waals surface area contributed by atoms with Crippen molar-refractivity contribution in [1.82, 2.24) is 4.57 Å². The Bertz CT molecular complexity index is 3680. The number of nitrogens with zero attached hydrogens (tertiary/aromatic N) is 2. The molecule has 0 saturated carbocycles. The molecule has 0 bridgehead atoms. The average Bonchev–Trinajstić information content (AvgIpc) is 4.05. The first-order chi connectivity index (χ1) is 29.2. The van der Waals surface area contributed by atoms with Crippen LogP contribution in [0.3, 0.4) is 0 Å².